The Morgan fingerprint density at radius 1 is 1.46 bits per heavy atom. The van der Waals surface area contributed by atoms with Gasteiger partial charge >= 0.3 is 35.5 Å². The Bertz CT molecular complexity index is 281. The molecule has 0 saturated heterocycles. The fourth-order valence-electron chi connectivity index (χ4n) is 0.649. The van der Waals surface area contributed by atoms with Gasteiger partial charge < -0.3 is 6.26 Å². The van der Waals surface area contributed by atoms with Gasteiger partial charge in [-0.05, 0) is 46.9 Å². The number of carbonyl (C=O) groups is 1. The van der Waals surface area contributed by atoms with E-state index in [4.69, 9.17) is 0 Å². The summed E-state index contributed by atoms with van der Waals surface area (Å²) in [6.07, 6.45) is 0. The predicted octanol–water partition coefficient (Wildman–Crippen LogP) is -0.702. The van der Waals surface area contributed by atoms with Crippen molar-refractivity contribution < 1.29 is 40.6 Å². The van der Waals surface area contributed by atoms with E-state index in [-0.39, 0.29) is 37.0 Å². The van der Waals surface area contributed by atoms with Gasteiger partial charge in [0.1, 0.15) is 0 Å². The zero-order chi connectivity index (χ0) is 8.97. The zero-order valence-electron chi connectivity index (χ0n) is 8.50. The van der Waals surface area contributed by atoms with Crippen molar-refractivity contribution in [2.75, 3.05) is 5.48 Å². The van der Waals surface area contributed by atoms with E-state index in [0.717, 1.165) is 9.26 Å². The Morgan fingerprint density at radius 3 is 2.46 bits per heavy atom. The molecule has 1 N–H and O–H groups in total. The van der Waals surface area contributed by atoms with Crippen molar-refractivity contribution in [1.29, 1.82) is 0 Å². The summed E-state index contributed by atoms with van der Waals surface area (Å²) in [7, 11) is 0. The third kappa shape index (κ3) is 5.51. The van der Waals surface area contributed by atoms with E-state index < -0.39 is 0 Å². The molecule has 0 spiro atoms. The smallest absolute Gasteiger partial charge is 1.00 e. The summed E-state index contributed by atoms with van der Waals surface area (Å²) in [5.74, 6) is -0.353. The first kappa shape index (κ1) is 13.2. The number of halogens is 1. The van der Waals surface area contributed by atoms with Crippen LogP contribution in [0, 0.1) is 3.57 Å². The molecule has 0 saturated carbocycles. The van der Waals surface area contributed by atoms with Gasteiger partial charge in [0.25, 0.3) is 0 Å². The Balaban J connectivity index is 0. The number of carbonyl (C=O) groups excluding carboxylic acids is 1. The largest absolute Gasteiger partial charge is 1.00 e. The number of anilines is 1. The molecular formula is C8H9INNaO2. The van der Waals surface area contributed by atoms with Crippen LogP contribution in [0.25, 0.3) is 0 Å². The zero-order valence-corrected chi connectivity index (χ0v) is 11.7. The summed E-state index contributed by atoms with van der Waals surface area (Å²) in [5.41, 5.74) is 3.29. The van der Waals surface area contributed by atoms with Gasteiger partial charge in [-0.2, -0.15) is 0 Å². The Hall–Kier alpha value is 0.220. The van der Waals surface area contributed by atoms with Crippen LogP contribution in [-0.2, 0) is 9.63 Å². The quantitative estimate of drug-likeness (QED) is 0.446. The average Bonchev–Trinajstić information content (AvgIpc) is 2.03. The second kappa shape index (κ2) is 6.64. The molecule has 13 heavy (non-hydrogen) atoms. The molecule has 1 aromatic carbocycles. The van der Waals surface area contributed by atoms with Gasteiger partial charge in [0, 0.05) is 10.5 Å². The van der Waals surface area contributed by atoms with Crippen molar-refractivity contribution in [2.24, 2.45) is 0 Å². The molecule has 0 fully saturated rings. The molecule has 1 aromatic rings. The Labute approximate surface area is 114 Å². The van der Waals surface area contributed by atoms with Gasteiger partial charge in [-0.3, -0.25) is 4.79 Å². The number of nitrogens with one attached hydrogen (secondary N) is 1. The molecule has 0 aliphatic rings. The second-order valence-corrected chi connectivity index (χ2v) is 3.45. The molecule has 0 amide bonds. The van der Waals surface area contributed by atoms with Crippen LogP contribution >= 0.6 is 22.6 Å². The molecule has 1 rings (SSSR count). The first-order chi connectivity index (χ1) is 5.68. The van der Waals surface area contributed by atoms with Gasteiger partial charge in [0.15, 0.2) is 0 Å². The molecule has 0 aliphatic carbocycles. The van der Waals surface area contributed by atoms with Crippen LogP contribution in [0.5, 0.6) is 0 Å². The molecular weight excluding hydrogens is 292 g/mol. The van der Waals surface area contributed by atoms with Gasteiger partial charge in [-0.25, -0.2) is 5.48 Å². The van der Waals surface area contributed by atoms with Crippen LogP contribution in [0.15, 0.2) is 24.3 Å². The van der Waals surface area contributed by atoms with E-state index in [0.29, 0.717) is 0 Å². The van der Waals surface area contributed by atoms with Crippen LogP contribution in [-0.4, -0.2) is 5.97 Å². The third-order valence-corrected chi connectivity index (χ3v) is 1.88. The maximum Gasteiger partial charge on any atom is 1.00 e. The SMILES string of the molecule is CC(=O)ONc1ccc(I)cc1.[H-].[Na+]. The fraction of sp³-hybridized carbons (Fsp3) is 0.125. The minimum atomic E-state index is -0.353. The van der Waals surface area contributed by atoms with Crippen molar-refractivity contribution in [3.05, 3.63) is 27.8 Å². The standard InChI is InChI=1S/C8H8INO2.Na.H/c1-6(11)12-10-8-4-2-7(9)3-5-8;;/h2-5,10H,1H3;;/q;+1;-1. The summed E-state index contributed by atoms with van der Waals surface area (Å²) in [6, 6.07) is 7.52. The normalized spacial score (nSPS) is 8.46. The first-order valence-corrected chi connectivity index (χ1v) is 4.45. The molecule has 0 aromatic heterocycles. The predicted molar refractivity (Wildman–Crippen MR) is 55.7 cm³/mol. The molecule has 0 aliphatic heterocycles. The van der Waals surface area contributed by atoms with Crippen LogP contribution in [0.3, 0.4) is 0 Å². The number of benzene rings is 1. The summed E-state index contributed by atoms with van der Waals surface area (Å²) in [5, 5.41) is 0. The van der Waals surface area contributed by atoms with Crippen molar-refractivity contribution >= 4 is 34.2 Å². The monoisotopic (exact) mass is 301 g/mol. The maximum absolute atomic E-state index is 10.4. The van der Waals surface area contributed by atoms with Gasteiger partial charge in [-0.15, -0.1) is 0 Å². The molecule has 66 valence electrons. The molecule has 0 radical (unpaired) electrons. The van der Waals surface area contributed by atoms with E-state index in [1.165, 1.54) is 6.92 Å². The third-order valence-electron chi connectivity index (χ3n) is 1.16. The number of rotatable bonds is 2. The van der Waals surface area contributed by atoms with Crippen LogP contribution in [0.1, 0.15) is 8.35 Å². The average molecular weight is 301 g/mol. The van der Waals surface area contributed by atoms with Gasteiger partial charge in [0.05, 0.1) is 5.69 Å². The van der Waals surface area contributed by atoms with Gasteiger partial charge in [0.2, 0.25) is 0 Å². The molecule has 0 heterocycles. The summed E-state index contributed by atoms with van der Waals surface area (Å²) < 4.78 is 1.14. The van der Waals surface area contributed by atoms with Crippen LogP contribution in [0.4, 0.5) is 5.69 Å². The molecule has 0 unspecified atom stereocenters. The molecule has 0 bridgehead atoms. The van der Waals surface area contributed by atoms with Gasteiger partial charge in [-0.1, -0.05) is 0 Å². The maximum atomic E-state index is 10.4. The fourth-order valence-corrected chi connectivity index (χ4v) is 1.01. The minimum absolute atomic E-state index is 0. The van der Waals surface area contributed by atoms with E-state index in [2.05, 4.69) is 32.9 Å². The van der Waals surface area contributed by atoms with E-state index in [1.807, 2.05) is 24.3 Å². The van der Waals surface area contributed by atoms with E-state index >= 15 is 0 Å². The van der Waals surface area contributed by atoms with E-state index in [9.17, 15) is 4.79 Å². The topological polar surface area (TPSA) is 38.3 Å². The summed E-state index contributed by atoms with van der Waals surface area (Å²) in [6.45, 7) is 1.35. The number of hydrogen-bond acceptors (Lipinski definition) is 3. The van der Waals surface area contributed by atoms with Crippen LogP contribution in [0.2, 0.25) is 0 Å². The van der Waals surface area contributed by atoms with E-state index in [1.54, 1.807) is 0 Å². The summed E-state index contributed by atoms with van der Waals surface area (Å²) >= 11 is 2.20. The van der Waals surface area contributed by atoms with Crippen molar-refractivity contribution in [2.45, 2.75) is 6.92 Å². The van der Waals surface area contributed by atoms with Crippen molar-refractivity contribution in [1.82, 2.24) is 0 Å². The second-order valence-electron chi connectivity index (χ2n) is 2.20. The molecule has 0 atom stereocenters. The minimum Gasteiger partial charge on any atom is -1.00 e. The first-order valence-electron chi connectivity index (χ1n) is 3.37. The van der Waals surface area contributed by atoms with Crippen LogP contribution < -0.4 is 35.0 Å². The van der Waals surface area contributed by atoms with Crippen molar-refractivity contribution in [3.8, 4) is 0 Å². The molecule has 3 nitrogen and oxygen atoms in total. The number of hydrogen-bond donors (Lipinski definition) is 1. The summed E-state index contributed by atoms with van der Waals surface area (Å²) in [4.78, 5) is 15.0. The molecule has 5 heteroatoms. The van der Waals surface area contributed by atoms with Crippen molar-refractivity contribution in [3.63, 3.8) is 0 Å². The Kier molecular flexibility index (Phi) is 6.75. The Morgan fingerprint density at radius 2 is 2.00 bits per heavy atom.